The van der Waals surface area contributed by atoms with Gasteiger partial charge in [-0.05, 0) is 18.2 Å². The topological polar surface area (TPSA) is 81.8 Å². The molecule has 3 aromatic rings. The lowest BCUT2D eigenvalue weighted by atomic mass is 10.2. The molecule has 5 nitrogen and oxygen atoms in total. The fourth-order valence-electron chi connectivity index (χ4n) is 1.57. The number of fused-ring (bicyclic) bond motifs is 1. The summed E-state index contributed by atoms with van der Waals surface area (Å²) >= 11 is 1.46. The smallest absolute Gasteiger partial charge is 0.250 e. The third kappa shape index (κ3) is 1.82. The van der Waals surface area contributed by atoms with E-state index in [0.29, 0.717) is 11.1 Å². The van der Waals surface area contributed by atoms with Crippen LogP contribution in [-0.4, -0.2) is 20.9 Å². The lowest BCUT2D eigenvalue weighted by Gasteiger charge is -1.92. The van der Waals surface area contributed by atoms with Gasteiger partial charge in [-0.15, -0.1) is 0 Å². The van der Waals surface area contributed by atoms with Gasteiger partial charge in [0, 0.05) is 24.2 Å². The minimum Gasteiger partial charge on any atom is -0.366 e. The number of primary amides is 1. The van der Waals surface area contributed by atoms with Crippen molar-refractivity contribution in [3.63, 3.8) is 0 Å². The fraction of sp³-hybridized carbons (Fsp3) is 0. The third-order valence-electron chi connectivity index (χ3n) is 2.44. The molecule has 0 aliphatic rings. The van der Waals surface area contributed by atoms with Gasteiger partial charge in [-0.3, -0.25) is 9.78 Å². The Kier molecular flexibility index (Phi) is 2.49. The molecule has 6 heteroatoms. The van der Waals surface area contributed by atoms with Crippen LogP contribution in [0.25, 0.3) is 20.9 Å². The first-order valence-corrected chi connectivity index (χ1v) is 6.02. The molecule has 0 saturated heterocycles. The summed E-state index contributed by atoms with van der Waals surface area (Å²) in [4.78, 5) is 24.5. The Morgan fingerprint density at radius 1 is 1.33 bits per heavy atom. The monoisotopic (exact) mass is 256 g/mol. The minimum atomic E-state index is -0.500. The van der Waals surface area contributed by atoms with E-state index in [2.05, 4.69) is 15.0 Å². The molecule has 0 aromatic carbocycles. The van der Waals surface area contributed by atoms with Crippen LogP contribution in [0.15, 0.2) is 36.8 Å². The van der Waals surface area contributed by atoms with E-state index in [4.69, 9.17) is 5.73 Å². The number of nitrogens with zero attached hydrogens (tertiary/aromatic N) is 3. The van der Waals surface area contributed by atoms with E-state index in [1.807, 2.05) is 12.1 Å². The maximum Gasteiger partial charge on any atom is 0.250 e. The third-order valence-corrected chi connectivity index (χ3v) is 3.47. The van der Waals surface area contributed by atoms with Crippen molar-refractivity contribution in [3.8, 4) is 10.6 Å². The molecular formula is C12H8N4OS. The Morgan fingerprint density at radius 2 is 2.22 bits per heavy atom. The first-order chi connectivity index (χ1) is 8.74. The summed E-state index contributed by atoms with van der Waals surface area (Å²) in [5.74, 6) is -0.500. The highest BCUT2D eigenvalue weighted by Crippen LogP contribution is 2.28. The normalized spacial score (nSPS) is 10.7. The molecule has 0 spiro atoms. The molecule has 3 aromatic heterocycles. The van der Waals surface area contributed by atoms with Gasteiger partial charge in [0.25, 0.3) is 0 Å². The van der Waals surface area contributed by atoms with Crippen molar-refractivity contribution >= 4 is 27.6 Å². The van der Waals surface area contributed by atoms with Crippen LogP contribution >= 0.6 is 11.3 Å². The molecule has 18 heavy (non-hydrogen) atoms. The Balaban J connectivity index is 2.14. The number of carbonyl (C=O) groups is 1. The lowest BCUT2D eigenvalue weighted by molar-refractivity contribution is 0.1000. The molecule has 3 rings (SSSR count). The molecule has 0 unspecified atom stereocenters. The number of thiazole rings is 1. The standard InChI is InChI=1S/C12H8N4OS/c13-10(17)8-4-9-12(15-6-8)18-11(16-9)7-2-1-3-14-5-7/h1-6H,(H2,13,17). The Bertz CT molecular complexity index is 723. The van der Waals surface area contributed by atoms with Gasteiger partial charge in [0.15, 0.2) is 0 Å². The average Bonchev–Trinajstić information content (AvgIpc) is 2.82. The maximum absolute atomic E-state index is 11.1. The molecule has 0 aliphatic heterocycles. The van der Waals surface area contributed by atoms with Crippen LogP contribution in [0.1, 0.15) is 10.4 Å². The van der Waals surface area contributed by atoms with E-state index < -0.39 is 5.91 Å². The summed E-state index contributed by atoms with van der Waals surface area (Å²) in [6.45, 7) is 0. The summed E-state index contributed by atoms with van der Waals surface area (Å²) < 4.78 is 0. The van der Waals surface area contributed by atoms with Crippen molar-refractivity contribution in [1.82, 2.24) is 15.0 Å². The van der Waals surface area contributed by atoms with Gasteiger partial charge in [0.05, 0.1) is 5.56 Å². The van der Waals surface area contributed by atoms with Crippen LogP contribution in [0.3, 0.4) is 0 Å². The molecule has 0 bridgehead atoms. The highest BCUT2D eigenvalue weighted by atomic mass is 32.1. The summed E-state index contributed by atoms with van der Waals surface area (Å²) in [6.07, 6.45) is 4.92. The number of aromatic nitrogens is 3. The predicted octanol–water partition coefficient (Wildman–Crippen LogP) is 1.85. The van der Waals surface area contributed by atoms with Crippen molar-refractivity contribution in [2.75, 3.05) is 0 Å². The van der Waals surface area contributed by atoms with Crippen molar-refractivity contribution < 1.29 is 4.79 Å². The summed E-state index contributed by atoms with van der Waals surface area (Å²) in [6, 6.07) is 5.43. The van der Waals surface area contributed by atoms with Gasteiger partial charge in [-0.25, -0.2) is 9.97 Å². The molecule has 0 atom stereocenters. The van der Waals surface area contributed by atoms with Gasteiger partial charge in [0.2, 0.25) is 5.91 Å². The van der Waals surface area contributed by atoms with E-state index in [1.165, 1.54) is 17.5 Å². The van der Waals surface area contributed by atoms with E-state index in [1.54, 1.807) is 18.5 Å². The minimum absolute atomic E-state index is 0.366. The van der Waals surface area contributed by atoms with Crippen molar-refractivity contribution in [3.05, 3.63) is 42.4 Å². The van der Waals surface area contributed by atoms with Gasteiger partial charge >= 0.3 is 0 Å². The Morgan fingerprint density at radius 3 is 2.94 bits per heavy atom. The highest BCUT2D eigenvalue weighted by molar-refractivity contribution is 7.21. The largest absolute Gasteiger partial charge is 0.366 e. The van der Waals surface area contributed by atoms with Crippen molar-refractivity contribution in [2.45, 2.75) is 0 Å². The number of rotatable bonds is 2. The number of nitrogens with two attached hydrogens (primary N) is 1. The quantitative estimate of drug-likeness (QED) is 0.758. The number of carbonyl (C=O) groups excluding carboxylic acids is 1. The summed E-state index contributed by atoms with van der Waals surface area (Å²) in [7, 11) is 0. The Hall–Kier alpha value is -2.34. The van der Waals surface area contributed by atoms with Gasteiger partial charge in [-0.2, -0.15) is 0 Å². The zero-order valence-electron chi connectivity index (χ0n) is 9.20. The molecule has 1 amide bonds. The van der Waals surface area contributed by atoms with Gasteiger partial charge in [-0.1, -0.05) is 11.3 Å². The van der Waals surface area contributed by atoms with Crippen molar-refractivity contribution in [2.24, 2.45) is 5.73 Å². The first-order valence-electron chi connectivity index (χ1n) is 5.21. The van der Waals surface area contributed by atoms with Crippen LogP contribution in [0.4, 0.5) is 0 Å². The second kappa shape index (κ2) is 4.15. The van der Waals surface area contributed by atoms with Gasteiger partial charge in [0.1, 0.15) is 15.4 Å². The molecule has 88 valence electrons. The number of amides is 1. The predicted molar refractivity (Wildman–Crippen MR) is 69.2 cm³/mol. The zero-order valence-corrected chi connectivity index (χ0v) is 10.0. The van der Waals surface area contributed by atoms with E-state index >= 15 is 0 Å². The van der Waals surface area contributed by atoms with E-state index in [9.17, 15) is 4.79 Å². The molecule has 0 saturated carbocycles. The lowest BCUT2D eigenvalue weighted by Crippen LogP contribution is -2.10. The second-order valence-electron chi connectivity index (χ2n) is 3.67. The molecule has 0 fully saturated rings. The molecule has 0 radical (unpaired) electrons. The van der Waals surface area contributed by atoms with Gasteiger partial charge < -0.3 is 5.73 Å². The van der Waals surface area contributed by atoms with Crippen LogP contribution in [0, 0.1) is 0 Å². The highest BCUT2D eigenvalue weighted by Gasteiger charge is 2.09. The fourth-order valence-corrected chi connectivity index (χ4v) is 2.45. The average molecular weight is 256 g/mol. The molecule has 3 heterocycles. The van der Waals surface area contributed by atoms with Crippen LogP contribution < -0.4 is 5.73 Å². The SMILES string of the molecule is NC(=O)c1cnc2sc(-c3cccnc3)nc2c1. The number of hydrogen-bond donors (Lipinski definition) is 1. The second-order valence-corrected chi connectivity index (χ2v) is 4.65. The molecule has 2 N–H and O–H groups in total. The van der Waals surface area contributed by atoms with Crippen LogP contribution in [0.5, 0.6) is 0 Å². The van der Waals surface area contributed by atoms with E-state index in [0.717, 1.165) is 15.4 Å². The number of hydrogen-bond acceptors (Lipinski definition) is 5. The summed E-state index contributed by atoms with van der Waals surface area (Å²) in [5.41, 5.74) is 7.18. The van der Waals surface area contributed by atoms with Crippen molar-refractivity contribution in [1.29, 1.82) is 0 Å². The van der Waals surface area contributed by atoms with Crippen LogP contribution in [-0.2, 0) is 0 Å². The maximum atomic E-state index is 11.1. The molecule has 0 aliphatic carbocycles. The number of pyridine rings is 2. The Labute approximate surface area is 106 Å². The molecular weight excluding hydrogens is 248 g/mol. The van der Waals surface area contributed by atoms with E-state index in [-0.39, 0.29) is 0 Å². The zero-order chi connectivity index (χ0) is 12.5. The van der Waals surface area contributed by atoms with Crippen LogP contribution in [0.2, 0.25) is 0 Å². The summed E-state index contributed by atoms with van der Waals surface area (Å²) in [5, 5.41) is 0.826. The first kappa shape index (κ1) is 10.8.